The molecule has 2 rings (SSSR count). The van der Waals surface area contributed by atoms with Crippen LogP contribution in [0.4, 0.5) is 0 Å². The lowest BCUT2D eigenvalue weighted by Crippen LogP contribution is -2.31. The average molecular weight is 331 g/mol. The van der Waals surface area contributed by atoms with Crippen molar-refractivity contribution in [3.8, 4) is 0 Å². The van der Waals surface area contributed by atoms with Crippen LogP contribution in [-0.4, -0.2) is 28.6 Å². The van der Waals surface area contributed by atoms with Crippen LogP contribution in [0.25, 0.3) is 0 Å². The second-order valence-electron chi connectivity index (χ2n) is 4.16. The molecule has 0 spiro atoms. The minimum Gasteiger partial charge on any atom is -0.480 e. The minimum atomic E-state index is -0.739. The molecule has 16 heavy (non-hydrogen) atoms. The maximum atomic E-state index is 10.7. The molecule has 1 aromatic carbocycles. The van der Waals surface area contributed by atoms with Crippen molar-refractivity contribution >= 4 is 28.6 Å². The summed E-state index contributed by atoms with van der Waals surface area (Å²) in [7, 11) is 0. The Morgan fingerprint density at radius 3 is 2.50 bits per heavy atom. The number of halogens is 1. The first-order valence-corrected chi connectivity index (χ1v) is 6.43. The molecule has 0 bridgehead atoms. The van der Waals surface area contributed by atoms with E-state index in [1.165, 1.54) is 9.13 Å². The fourth-order valence-corrected chi connectivity index (χ4v) is 2.11. The molecule has 1 N–H and O–H groups in total. The molecule has 1 aliphatic carbocycles. The lowest BCUT2D eigenvalue weighted by Gasteiger charge is -2.19. The Hall–Kier alpha value is -0.620. The summed E-state index contributed by atoms with van der Waals surface area (Å²) in [6, 6.07) is 8.73. The van der Waals surface area contributed by atoms with Gasteiger partial charge in [-0.15, -0.1) is 0 Å². The molecule has 0 aliphatic heterocycles. The quantitative estimate of drug-likeness (QED) is 0.842. The zero-order valence-corrected chi connectivity index (χ0v) is 11.1. The maximum Gasteiger partial charge on any atom is 0.317 e. The Morgan fingerprint density at radius 1 is 1.38 bits per heavy atom. The van der Waals surface area contributed by atoms with Crippen LogP contribution in [0.5, 0.6) is 0 Å². The summed E-state index contributed by atoms with van der Waals surface area (Å²) in [6.45, 7) is 0.893. The zero-order chi connectivity index (χ0) is 11.5. The van der Waals surface area contributed by atoms with Crippen molar-refractivity contribution < 1.29 is 9.90 Å². The van der Waals surface area contributed by atoms with Crippen LogP contribution >= 0.6 is 22.6 Å². The molecule has 4 heteroatoms. The van der Waals surface area contributed by atoms with Crippen molar-refractivity contribution in [3.05, 3.63) is 33.4 Å². The molecular weight excluding hydrogens is 317 g/mol. The van der Waals surface area contributed by atoms with Gasteiger partial charge in [0.1, 0.15) is 0 Å². The Balaban J connectivity index is 1.99. The first kappa shape index (κ1) is 11.9. The van der Waals surface area contributed by atoms with Gasteiger partial charge >= 0.3 is 5.97 Å². The van der Waals surface area contributed by atoms with Crippen molar-refractivity contribution in [2.24, 2.45) is 0 Å². The predicted molar refractivity (Wildman–Crippen MR) is 70.2 cm³/mol. The number of carboxylic acid groups (broad SMARTS) is 1. The normalized spacial score (nSPS) is 15.4. The number of rotatable bonds is 5. The maximum absolute atomic E-state index is 10.7. The fraction of sp³-hybridized carbons (Fsp3) is 0.417. The number of aliphatic carboxylic acids is 1. The van der Waals surface area contributed by atoms with Crippen LogP contribution in [0.3, 0.4) is 0 Å². The minimum absolute atomic E-state index is 0.149. The van der Waals surface area contributed by atoms with Crippen LogP contribution in [0.2, 0.25) is 0 Å². The molecule has 86 valence electrons. The summed E-state index contributed by atoms with van der Waals surface area (Å²) in [5.74, 6) is -0.739. The Morgan fingerprint density at radius 2 is 2.00 bits per heavy atom. The van der Waals surface area contributed by atoms with Crippen molar-refractivity contribution in [1.82, 2.24) is 4.90 Å². The summed E-state index contributed by atoms with van der Waals surface area (Å²) >= 11 is 2.27. The largest absolute Gasteiger partial charge is 0.480 e. The van der Waals surface area contributed by atoms with E-state index in [0.717, 1.165) is 19.4 Å². The summed E-state index contributed by atoms with van der Waals surface area (Å²) in [6.07, 6.45) is 2.27. The SMILES string of the molecule is O=C(O)CN(Cc1ccc(I)cc1)C1CC1. The molecule has 1 fully saturated rings. The van der Waals surface area contributed by atoms with E-state index in [1.807, 2.05) is 4.90 Å². The smallest absolute Gasteiger partial charge is 0.317 e. The van der Waals surface area contributed by atoms with E-state index in [4.69, 9.17) is 5.11 Å². The highest BCUT2D eigenvalue weighted by Gasteiger charge is 2.30. The molecule has 0 heterocycles. The summed E-state index contributed by atoms with van der Waals surface area (Å²) < 4.78 is 1.21. The van der Waals surface area contributed by atoms with Crippen LogP contribution in [0.15, 0.2) is 24.3 Å². The van der Waals surface area contributed by atoms with Gasteiger partial charge in [0, 0.05) is 16.2 Å². The van der Waals surface area contributed by atoms with Crippen LogP contribution in [-0.2, 0) is 11.3 Å². The van der Waals surface area contributed by atoms with Gasteiger partial charge in [0.15, 0.2) is 0 Å². The highest BCUT2D eigenvalue weighted by Crippen LogP contribution is 2.28. The molecule has 0 amide bonds. The first-order valence-electron chi connectivity index (χ1n) is 5.35. The van der Waals surface area contributed by atoms with E-state index in [2.05, 4.69) is 46.9 Å². The number of benzene rings is 1. The van der Waals surface area contributed by atoms with Gasteiger partial charge in [-0.3, -0.25) is 9.69 Å². The van der Waals surface area contributed by atoms with E-state index < -0.39 is 5.97 Å². The van der Waals surface area contributed by atoms with Gasteiger partial charge in [0.05, 0.1) is 6.54 Å². The predicted octanol–water partition coefficient (Wildman–Crippen LogP) is 2.34. The molecular formula is C12H14INO2. The van der Waals surface area contributed by atoms with Gasteiger partial charge in [-0.2, -0.15) is 0 Å². The zero-order valence-electron chi connectivity index (χ0n) is 8.90. The summed E-state index contributed by atoms with van der Waals surface area (Å²) in [5.41, 5.74) is 1.19. The second kappa shape index (κ2) is 5.14. The highest BCUT2D eigenvalue weighted by molar-refractivity contribution is 14.1. The fourth-order valence-electron chi connectivity index (χ4n) is 1.75. The van der Waals surface area contributed by atoms with Gasteiger partial charge in [-0.05, 0) is 53.1 Å². The molecule has 0 radical (unpaired) electrons. The number of hydrogen-bond donors (Lipinski definition) is 1. The third-order valence-corrected chi connectivity index (χ3v) is 3.42. The summed E-state index contributed by atoms with van der Waals surface area (Å²) in [4.78, 5) is 12.8. The van der Waals surface area contributed by atoms with Crippen LogP contribution in [0.1, 0.15) is 18.4 Å². The third kappa shape index (κ3) is 3.45. The first-order chi connectivity index (χ1) is 7.65. The van der Waals surface area contributed by atoms with Crippen molar-refractivity contribution in [1.29, 1.82) is 0 Å². The molecule has 1 aliphatic rings. The highest BCUT2D eigenvalue weighted by atomic mass is 127. The van der Waals surface area contributed by atoms with E-state index in [1.54, 1.807) is 0 Å². The monoisotopic (exact) mass is 331 g/mol. The number of carboxylic acids is 1. The van der Waals surface area contributed by atoms with Crippen molar-refractivity contribution in [3.63, 3.8) is 0 Å². The number of carbonyl (C=O) groups is 1. The lowest BCUT2D eigenvalue weighted by molar-refractivity contribution is -0.138. The molecule has 0 saturated heterocycles. The molecule has 3 nitrogen and oxygen atoms in total. The van der Waals surface area contributed by atoms with Crippen LogP contribution < -0.4 is 0 Å². The van der Waals surface area contributed by atoms with Gasteiger partial charge in [0.2, 0.25) is 0 Å². The average Bonchev–Trinajstić information content (AvgIpc) is 3.03. The summed E-state index contributed by atoms with van der Waals surface area (Å²) in [5, 5.41) is 8.84. The van der Waals surface area contributed by atoms with E-state index in [0.29, 0.717) is 6.04 Å². The van der Waals surface area contributed by atoms with Crippen molar-refractivity contribution in [2.75, 3.05) is 6.54 Å². The van der Waals surface area contributed by atoms with E-state index in [9.17, 15) is 4.79 Å². The second-order valence-corrected chi connectivity index (χ2v) is 5.40. The standard InChI is InChI=1S/C12H14INO2/c13-10-3-1-9(2-4-10)7-14(8-12(15)16)11-5-6-11/h1-4,11H,5-8H2,(H,15,16). The topological polar surface area (TPSA) is 40.5 Å². The van der Waals surface area contributed by atoms with E-state index in [-0.39, 0.29) is 6.54 Å². The van der Waals surface area contributed by atoms with E-state index >= 15 is 0 Å². The Bertz CT molecular complexity index is 373. The number of hydrogen-bond acceptors (Lipinski definition) is 2. The van der Waals surface area contributed by atoms with Gasteiger partial charge in [-0.25, -0.2) is 0 Å². The molecule has 1 aromatic rings. The Kier molecular flexibility index (Phi) is 3.81. The van der Waals surface area contributed by atoms with Crippen LogP contribution in [0, 0.1) is 3.57 Å². The van der Waals surface area contributed by atoms with Gasteiger partial charge in [-0.1, -0.05) is 12.1 Å². The lowest BCUT2D eigenvalue weighted by atomic mass is 10.2. The van der Waals surface area contributed by atoms with Crippen molar-refractivity contribution in [2.45, 2.75) is 25.4 Å². The Labute approximate surface area is 109 Å². The molecule has 0 atom stereocenters. The molecule has 1 saturated carbocycles. The number of nitrogens with zero attached hydrogens (tertiary/aromatic N) is 1. The molecule has 0 aromatic heterocycles. The van der Waals surface area contributed by atoms with Gasteiger partial charge < -0.3 is 5.11 Å². The van der Waals surface area contributed by atoms with Gasteiger partial charge in [0.25, 0.3) is 0 Å². The third-order valence-electron chi connectivity index (χ3n) is 2.70. The molecule has 0 unspecified atom stereocenters.